The molecule has 0 N–H and O–H groups in total. The van der Waals surface area contributed by atoms with Crippen LogP contribution in [0, 0.1) is 23.7 Å². The summed E-state index contributed by atoms with van der Waals surface area (Å²) in [6.07, 6.45) is 7.65. The van der Waals surface area contributed by atoms with Gasteiger partial charge in [-0.3, -0.25) is 9.59 Å². The highest BCUT2D eigenvalue weighted by molar-refractivity contribution is 9.10. The minimum absolute atomic E-state index is 0.164. The van der Waals surface area contributed by atoms with E-state index in [0.717, 1.165) is 17.9 Å². The number of hydrogen-bond acceptors (Lipinski definition) is 5. The summed E-state index contributed by atoms with van der Waals surface area (Å²) in [7, 11) is 3.11. The van der Waals surface area contributed by atoms with E-state index in [9.17, 15) is 9.59 Å². The van der Waals surface area contributed by atoms with Crippen molar-refractivity contribution in [3.05, 3.63) is 34.3 Å². The van der Waals surface area contributed by atoms with Crippen LogP contribution in [-0.4, -0.2) is 37.3 Å². The molecular formula is C19H19BrN2O4. The fraction of sp³-hybridized carbons (Fsp3) is 0.421. The number of allylic oxidation sites excluding steroid dienone is 2. The SMILES string of the molecule is COc1cc(/C=N/N2C(=O)C3C4C=CC(CC4)C3C2=O)cc(Br)c1OC. The molecule has 26 heavy (non-hydrogen) atoms. The molecule has 4 atom stereocenters. The number of rotatable bonds is 4. The van der Waals surface area contributed by atoms with E-state index in [4.69, 9.17) is 9.47 Å². The van der Waals surface area contributed by atoms with Crippen LogP contribution in [0.5, 0.6) is 11.5 Å². The Morgan fingerprint density at radius 3 is 2.19 bits per heavy atom. The number of fused-ring (bicyclic) bond motifs is 1. The first-order valence-electron chi connectivity index (χ1n) is 8.56. The van der Waals surface area contributed by atoms with Crippen LogP contribution in [0.25, 0.3) is 0 Å². The minimum Gasteiger partial charge on any atom is -0.493 e. The molecule has 1 heterocycles. The summed E-state index contributed by atoms with van der Waals surface area (Å²) in [5.74, 6) is 0.574. The molecule has 0 radical (unpaired) electrons. The van der Waals surface area contributed by atoms with Crippen molar-refractivity contribution in [2.24, 2.45) is 28.8 Å². The predicted molar refractivity (Wildman–Crippen MR) is 99.0 cm³/mol. The van der Waals surface area contributed by atoms with E-state index in [2.05, 4.69) is 33.2 Å². The number of hydrazone groups is 1. The fourth-order valence-corrected chi connectivity index (χ4v) is 4.93. The number of carbonyl (C=O) groups is 2. The van der Waals surface area contributed by atoms with Crippen molar-refractivity contribution in [1.82, 2.24) is 5.01 Å². The highest BCUT2D eigenvalue weighted by Gasteiger charge is 2.56. The average Bonchev–Trinajstić information content (AvgIpc) is 2.93. The number of amides is 2. The number of carbonyl (C=O) groups excluding carboxylic acids is 2. The maximum atomic E-state index is 12.8. The molecule has 1 saturated carbocycles. The van der Waals surface area contributed by atoms with Gasteiger partial charge < -0.3 is 9.47 Å². The summed E-state index contributed by atoms with van der Waals surface area (Å²) in [4.78, 5) is 25.5. The Kier molecular flexibility index (Phi) is 4.34. The Labute approximate surface area is 160 Å². The number of benzene rings is 1. The van der Waals surface area contributed by atoms with Crippen LogP contribution >= 0.6 is 15.9 Å². The standard InChI is InChI=1S/C19H19BrN2O4/c1-25-14-8-10(7-13(20)17(14)26-2)9-21-22-18(23)15-11-3-4-12(6-5-11)16(15)19(22)24/h3-4,7-9,11-12,15-16H,5-6H2,1-2H3/b21-9+. The van der Waals surface area contributed by atoms with Crippen molar-refractivity contribution >= 4 is 34.0 Å². The molecule has 2 bridgehead atoms. The third-order valence-electron chi connectivity index (χ3n) is 5.51. The van der Waals surface area contributed by atoms with Gasteiger partial charge in [-0.25, -0.2) is 0 Å². The molecule has 136 valence electrons. The monoisotopic (exact) mass is 418 g/mol. The lowest BCUT2D eigenvalue weighted by molar-refractivity contribution is -0.140. The van der Waals surface area contributed by atoms with Gasteiger partial charge in [-0.15, -0.1) is 0 Å². The van der Waals surface area contributed by atoms with E-state index in [1.807, 2.05) is 0 Å². The summed E-state index contributed by atoms with van der Waals surface area (Å²) < 4.78 is 11.3. The van der Waals surface area contributed by atoms with E-state index < -0.39 is 0 Å². The van der Waals surface area contributed by atoms with Crippen LogP contribution in [0.2, 0.25) is 0 Å². The summed E-state index contributed by atoms with van der Waals surface area (Å²) in [5.41, 5.74) is 0.700. The van der Waals surface area contributed by atoms with Gasteiger partial charge in [0.05, 0.1) is 36.7 Å². The molecule has 2 fully saturated rings. The Bertz CT molecular complexity index is 803. The van der Waals surface area contributed by atoms with Crippen molar-refractivity contribution in [2.75, 3.05) is 14.2 Å². The largest absolute Gasteiger partial charge is 0.493 e. The van der Waals surface area contributed by atoms with E-state index in [1.165, 1.54) is 6.21 Å². The van der Waals surface area contributed by atoms with Crippen LogP contribution in [-0.2, 0) is 9.59 Å². The highest BCUT2D eigenvalue weighted by Crippen LogP contribution is 2.49. The molecule has 2 amide bonds. The predicted octanol–water partition coefficient (Wildman–Crippen LogP) is 3.00. The van der Waals surface area contributed by atoms with Gasteiger partial charge >= 0.3 is 0 Å². The zero-order chi connectivity index (χ0) is 18.4. The van der Waals surface area contributed by atoms with Gasteiger partial charge in [-0.05, 0) is 58.3 Å². The molecule has 1 aromatic rings. The van der Waals surface area contributed by atoms with Crippen LogP contribution in [0.4, 0.5) is 0 Å². The molecule has 5 rings (SSSR count). The summed E-state index contributed by atoms with van der Waals surface area (Å²) in [6, 6.07) is 3.55. The van der Waals surface area contributed by atoms with E-state index in [-0.39, 0.29) is 35.5 Å². The number of hydrogen-bond donors (Lipinski definition) is 0. The first kappa shape index (κ1) is 17.3. The van der Waals surface area contributed by atoms with Gasteiger partial charge in [-0.2, -0.15) is 10.1 Å². The number of ether oxygens (including phenoxy) is 2. The topological polar surface area (TPSA) is 68.2 Å². The average molecular weight is 419 g/mol. The maximum Gasteiger partial charge on any atom is 0.254 e. The molecule has 4 aliphatic rings. The minimum atomic E-state index is -0.250. The lowest BCUT2D eigenvalue weighted by Gasteiger charge is -2.37. The van der Waals surface area contributed by atoms with Crippen molar-refractivity contribution in [2.45, 2.75) is 12.8 Å². The molecule has 6 nitrogen and oxygen atoms in total. The second-order valence-electron chi connectivity index (χ2n) is 6.81. The summed E-state index contributed by atoms with van der Waals surface area (Å²) >= 11 is 3.43. The van der Waals surface area contributed by atoms with Gasteiger partial charge in [0.25, 0.3) is 11.8 Å². The Balaban J connectivity index is 1.61. The molecule has 0 spiro atoms. The molecule has 4 unspecified atom stereocenters. The smallest absolute Gasteiger partial charge is 0.254 e. The summed E-state index contributed by atoms with van der Waals surface area (Å²) in [5, 5.41) is 5.27. The summed E-state index contributed by atoms with van der Waals surface area (Å²) in [6.45, 7) is 0. The first-order chi connectivity index (χ1) is 12.5. The van der Waals surface area contributed by atoms with Crippen molar-refractivity contribution in [3.63, 3.8) is 0 Å². The Hall–Kier alpha value is -2.15. The quantitative estimate of drug-likeness (QED) is 0.428. The number of halogens is 1. The van der Waals surface area contributed by atoms with Crippen LogP contribution < -0.4 is 9.47 Å². The van der Waals surface area contributed by atoms with Crippen molar-refractivity contribution < 1.29 is 19.1 Å². The van der Waals surface area contributed by atoms with Crippen LogP contribution in [0.3, 0.4) is 0 Å². The third-order valence-corrected chi connectivity index (χ3v) is 6.10. The van der Waals surface area contributed by atoms with Gasteiger partial charge in [0.2, 0.25) is 0 Å². The fourth-order valence-electron chi connectivity index (χ4n) is 4.31. The zero-order valence-electron chi connectivity index (χ0n) is 14.5. The van der Waals surface area contributed by atoms with Crippen LogP contribution in [0.1, 0.15) is 18.4 Å². The molecule has 1 aliphatic heterocycles. The normalized spacial score (nSPS) is 29.6. The Morgan fingerprint density at radius 2 is 1.69 bits per heavy atom. The second kappa shape index (κ2) is 6.54. The van der Waals surface area contributed by atoms with Gasteiger partial charge in [0.15, 0.2) is 11.5 Å². The molecule has 1 aromatic carbocycles. The lowest BCUT2D eigenvalue weighted by Crippen LogP contribution is -2.38. The second-order valence-corrected chi connectivity index (χ2v) is 7.67. The Morgan fingerprint density at radius 1 is 1.08 bits per heavy atom. The van der Waals surface area contributed by atoms with E-state index in [1.54, 1.807) is 26.4 Å². The molecule has 1 saturated heterocycles. The molecule has 0 aromatic heterocycles. The van der Waals surface area contributed by atoms with Gasteiger partial charge in [-0.1, -0.05) is 12.2 Å². The first-order valence-corrected chi connectivity index (χ1v) is 9.36. The number of imide groups is 1. The lowest BCUT2D eigenvalue weighted by atomic mass is 9.63. The van der Waals surface area contributed by atoms with Crippen molar-refractivity contribution in [1.29, 1.82) is 0 Å². The maximum absolute atomic E-state index is 12.8. The van der Waals surface area contributed by atoms with Gasteiger partial charge in [0.1, 0.15) is 0 Å². The van der Waals surface area contributed by atoms with E-state index in [0.29, 0.717) is 21.5 Å². The van der Waals surface area contributed by atoms with Crippen LogP contribution in [0.15, 0.2) is 33.9 Å². The zero-order valence-corrected chi connectivity index (χ0v) is 16.1. The third kappa shape index (κ3) is 2.57. The number of methoxy groups -OCH3 is 2. The number of nitrogens with zero attached hydrogens (tertiary/aromatic N) is 2. The highest BCUT2D eigenvalue weighted by atomic mass is 79.9. The van der Waals surface area contributed by atoms with Gasteiger partial charge in [0, 0.05) is 0 Å². The van der Waals surface area contributed by atoms with E-state index >= 15 is 0 Å². The molecule has 7 heteroatoms. The molecular weight excluding hydrogens is 400 g/mol. The molecule has 3 aliphatic carbocycles. The van der Waals surface area contributed by atoms with Crippen molar-refractivity contribution in [3.8, 4) is 11.5 Å².